The Balaban J connectivity index is 1.50. The van der Waals surface area contributed by atoms with Crippen molar-refractivity contribution in [3.63, 3.8) is 0 Å². The highest BCUT2D eigenvalue weighted by Crippen LogP contribution is 2.15. The first-order valence-corrected chi connectivity index (χ1v) is 9.26. The Morgan fingerprint density at radius 2 is 1.52 bits per heavy atom. The molecule has 2 amide bonds. The number of hydrogen-bond acceptors (Lipinski definition) is 5. The molecule has 156 valence electrons. The summed E-state index contributed by atoms with van der Waals surface area (Å²) in [5, 5.41) is 6.53. The number of carbonyl (C=O) groups excluding carboxylic acids is 3. The van der Waals surface area contributed by atoms with Gasteiger partial charge in [-0.1, -0.05) is 11.6 Å². The molecule has 0 radical (unpaired) electrons. The summed E-state index contributed by atoms with van der Waals surface area (Å²) in [7, 11) is 0. The SMILES string of the molecule is O=C(N/N=C\c1ccc(OC(=O)c2ccc(Cl)cc2)cc1)C(=O)Nc1ccc(F)cc1. The van der Waals surface area contributed by atoms with Crippen LogP contribution in [-0.2, 0) is 9.59 Å². The summed E-state index contributed by atoms with van der Waals surface area (Å²) in [6.45, 7) is 0. The molecule has 31 heavy (non-hydrogen) atoms. The van der Waals surface area contributed by atoms with Crippen molar-refractivity contribution in [3.05, 3.63) is 94.8 Å². The van der Waals surface area contributed by atoms with Crippen molar-refractivity contribution in [2.45, 2.75) is 0 Å². The van der Waals surface area contributed by atoms with Crippen LogP contribution in [0.1, 0.15) is 15.9 Å². The van der Waals surface area contributed by atoms with Crippen molar-refractivity contribution in [1.82, 2.24) is 5.43 Å². The van der Waals surface area contributed by atoms with Gasteiger partial charge in [-0.15, -0.1) is 0 Å². The Kier molecular flexibility index (Phi) is 7.08. The molecule has 0 heterocycles. The van der Waals surface area contributed by atoms with Gasteiger partial charge >= 0.3 is 17.8 Å². The number of hydrazone groups is 1. The average molecular weight is 440 g/mol. The lowest BCUT2D eigenvalue weighted by Crippen LogP contribution is -2.32. The average Bonchev–Trinajstić information content (AvgIpc) is 2.77. The summed E-state index contributed by atoms with van der Waals surface area (Å²) in [5.74, 6) is -2.61. The first kappa shape index (κ1) is 21.7. The molecule has 0 saturated carbocycles. The Morgan fingerprint density at radius 1 is 0.871 bits per heavy atom. The molecule has 0 aromatic heterocycles. The van der Waals surface area contributed by atoms with Gasteiger partial charge in [0.1, 0.15) is 11.6 Å². The molecule has 0 aliphatic heterocycles. The summed E-state index contributed by atoms with van der Waals surface area (Å²) in [4.78, 5) is 35.6. The largest absolute Gasteiger partial charge is 0.423 e. The summed E-state index contributed by atoms with van der Waals surface area (Å²) in [6.07, 6.45) is 1.31. The molecule has 2 N–H and O–H groups in total. The molecule has 0 saturated heterocycles. The molecule has 0 aliphatic carbocycles. The highest BCUT2D eigenvalue weighted by Gasteiger charge is 2.13. The molecule has 3 aromatic carbocycles. The Morgan fingerprint density at radius 3 is 2.16 bits per heavy atom. The molecule has 0 aliphatic rings. The third-order valence-corrected chi connectivity index (χ3v) is 4.11. The van der Waals surface area contributed by atoms with Crippen molar-refractivity contribution in [2.75, 3.05) is 5.32 Å². The van der Waals surface area contributed by atoms with Crippen LogP contribution in [0.3, 0.4) is 0 Å². The number of rotatable bonds is 5. The Bertz CT molecular complexity index is 1120. The molecular formula is C22H15ClFN3O4. The van der Waals surface area contributed by atoms with Gasteiger partial charge in [0.15, 0.2) is 0 Å². The van der Waals surface area contributed by atoms with E-state index in [1.807, 2.05) is 0 Å². The second-order valence-electron chi connectivity index (χ2n) is 6.13. The van der Waals surface area contributed by atoms with E-state index >= 15 is 0 Å². The summed E-state index contributed by atoms with van der Waals surface area (Å²) in [5.41, 5.74) is 3.30. The fourth-order valence-electron chi connectivity index (χ4n) is 2.31. The fraction of sp³-hybridized carbons (Fsp3) is 0. The number of halogens is 2. The van der Waals surface area contributed by atoms with Crippen LogP contribution in [0.2, 0.25) is 5.02 Å². The zero-order valence-corrected chi connectivity index (χ0v) is 16.6. The van der Waals surface area contributed by atoms with E-state index in [2.05, 4.69) is 15.8 Å². The van der Waals surface area contributed by atoms with Gasteiger partial charge in [-0.05, 0) is 78.4 Å². The van der Waals surface area contributed by atoms with Gasteiger partial charge < -0.3 is 10.1 Å². The van der Waals surface area contributed by atoms with E-state index < -0.39 is 23.6 Å². The summed E-state index contributed by atoms with van der Waals surface area (Å²) in [6, 6.07) is 17.6. The van der Waals surface area contributed by atoms with Gasteiger partial charge in [0.05, 0.1) is 11.8 Å². The van der Waals surface area contributed by atoms with Gasteiger partial charge in [0.2, 0.25) is 0 Å². The Labute approximate surface area is 181 Å². The van der Waals surface area contributed by atoms with Gasteiger partial charge in [-0.2, -0.15) is 5.10 Å². The topological polar surface area (TPSA) is 96.9 Å². The standard InChI is InChI=1S/C22H15ClFN3O4/c23-16-5-3-15(4-6-16)22(30)31-19-11-1-14(2-12-19)13-25-27-21(29)20(28)26-18-9-7-17(24)8-10-18/h1-13H,(H,26,28)(H,27,29)/b25-13-. The molecule has 3 aromatic rings. The molecule has 0 fully saturated rings. The zero-order chi connectivity index (χ0) is 22.2. The maximum Gasteiger partial charge on any atom is 0.343 e. The quantitative estimate of drug-likeness (QED) is 0.208. The van der Waals surface area contributed by atoms with Gasteiger partial charge in [0.25, 0.3) is 0 Å². The fourth-order valence-corrected chi connectivity index (χ4v) is 2.44. The predicted octanol–water partition coefficient (Wildman–Crippen LogP) is 3.79. The minimum atomic E-state index is -0.992. The molecule has 7 nitrogen and oxygen atoms in total. The lowest BCUT2D eigenvalue weighted by Gasteiger charge is -2.05. The first-order valence-electron chi connectivity index (χ1n) is 8.88. The van der Waals surface area contributed by atoms with E-state index in [9.17, 15) is 18.8 Å². The number of nitrogens with zero attached hydrogens (tertiary/aromatic N) is 1. The van der Waals surface area contributed by atoms with Crippen LogP contribution < -0.4 is 15.5 Å². The molecule has 9 heteroatoms. The monoisotopic (exact) mass is 439 g/mol. The highest BCUT2D eigenvalue weighted by atomic mass is 35.5. The van der Waals surface area contributed by atoms with E-state index in [0.29, 0.717) is 21.9 Å². The number of nitrogens with one attached hydrogen (secondary N) is 2. The number of carbonyl (C=O) groups is 3. The maximum absolute atomic E-state index is 12.8. The summed E-state index contributed by atoms with van der Waals surface area (Å²) >= 11 is 5.79. The zero-order valence-electron chi connectivity index (χ0n) is 15.8. The van der Waals surface area contributed by atoms with E-state index in [0.717, 1.165) is 12.1 Å². The molecule has 3 rings (SSSR count). The third-order valence-electron chi connectivity index (χ3n) is 3.86. The normalized spacial score (nSPS) is 10.5. The van der Waals surface area contributed by atoms with Crippen LogP contribution in [0, 0.1) is 5.82 Å². The molecule has 0 unspecified atom stereocenters. The maximum atomic E-state index is 12.8. The molecule has 0 bridgehead atoms. The minimum Gasteiger partial charge on any atom is -0.423 e. The van der Waals surface area contributed by atoms with Gasteiger partial charge in [-0.25, -0.2) is 14.6 Å². The predicted molar refractivity (Wildman–Crippen MR) is 114 cm³/mol. The first-order chi connectivity index (χ1) is 14.9. The van der Waals surface area contributed by atoms with Crippen molar-refractivity contribution < 1.29 is 23.5 Å². The molecule has 0 atom stereocenters. The van der Waals surface area contributed by atoms with Crippen LogP contribution in [0.15, 0.2) is 77.9 Å². The third kappa shape index (κ3) is 6.48. The van der Waals surface area contributed by atoms with Crippen LogP contribution >= 0.6 is 11.6 Å². The Hall–Kier alpha value is -4.04. The second-order valence-corrected chi connectivity index (χ2v) is 6.56. The van der Waals surface area contributed by atoms with Crippen LogP contribution in [-0.4, -0.2) is 24.0 Å². The number of hydrogen-bond donors (Lipinski definition) is 2. The lowest BCUT2D eigenvalue weighted by molar-refractivity contribution is -0.136. The van der Waals surface area contributed by atoms with Crippen molar-refractivity contribution in [3.8, 4) is 5.75 Å². The summed E-state index contributed by atoms with van der Waals surface area (Å²) < 4.78 is 18.1. The van der Waals surface area contributed by atoms with Crippen LogP contribution in [0.25, 0.3) is 0 Å². The van der Waals surface area contributed by atoms with Crippen molar-refractivity contribution >= 4 is 41.3 Å². The highest BCUT2D eigenvalue weighted by molar-refractivity contribution is 6.39. The smallest absolute Gasteiger partial charge is 0.343 e. The van der Waals surface area contributed by atoms with Crippen LogP contribution in [0.4, 0.5) is 10.1 Å². The van der Waals surface area contributed by atoms with E-state index in [-0.39, 0.29) is 5.69 Å². The lowest BCUT2D eigenvalue weighted by atomic mass is 10.2. The van der Waals surface area contributed by atoms with E-state index in [1.54, 1.807) is 48.5 Å². The molecular weight excluding hydrogens is 425 g/mol. The van der Waals surface area contributed by atoms with Crippen LogP contribution in [0.5, 0.6) is 5.75 Å². The van der Waals surface area contributed by atoms with Gasteiger partial charge in [0, 0.05) is 10.7 Å². The minimum absolute atomic E-state index is 0.272. The van der Waals surface area contributed by atoms with Crippen molar-refractivity contribution in [1.29, 1.82) is 0 Å². The number of benzene rings is 3. The van der Waals surface area contributed by atoms with E-state index in [1.165, 1.54) is 18.3 Å². The second kappa shape index (κ2) is 10.1. The number of ether oxygens (including phenoxy) is 1. The van der Waals surface area contributed by atoms with Gasteiger partial charge in [-0.3, -0.25) is 9.59 Å². The number of anilines is 1. The number of amides is 2. The molecule has 0 spiro atoms. The van der Waals surface area contributed by atoms with E-state index in [4.69, 9.17) is 16.3 Å². The van der Waals surface area contributed by atoms with Crippen molar-refractivity contribution in [2.24, 2.45) is 5.10 Å². The number of esters is 1.